The summed E-state index contributed by atoms with van der Waals surface area (Å²) in [5.74, 6) is 5.85. The first-order valence-corrected chi connectivity index (χ1v) is 8.45. The molecule has 10 heteroatoms. The van der Waals surface area contributed by atoms with Gasteiger partial charge in [-0.05, 0) is 24.8 Å². The highest BCUT2D eigenvalue weighted by Gasteiger charge is 2.14. The number of nitrogens with one attached hydrogen (secondary N) is 1. The second kappa shape index (κ2) is 5.72. The minimum Gasteiger partial charge on any atom is -0.353 e. The molecule has 3 N–H and O–H groups in total. The van der Waals surface area contributed by atoms with Crippen molar-refractivity contribution in [1.82, 2.24) is 20.2 Å². The van der Waals surface area contributed by atoms with Crippen LogP contribution in [0.15, 0.2) is 15.4 Å². The van der Waals surface area contributed by atoms with Crippen LogP contribution in [0, 0.1) is 6.92 Å². The molecule has 0 bridgehead atoms. The average molecular weight is 339 g/mol. The standard InChI is InChI=1S/C11H13N7S3/c1-5-4-6-7(19-5)13-9(15-12)14-8(6)20-11-17-16-10(21-11)18(2)3/h4H,12H2,1-3H3,(H,13,14,15). The molecule has 0 amide bonds. The van der Waals surface area contributed by atoms with Crippen molar-refractivity contribution in [3.05, 3.63) is 10.9 Å². The summed E-state index contributed by atoms with van der Waals surface area (Å²) in [4.78, 5) is 12.8. The number of aryl methyl sites for hydroxylation is 1. The lowest BCUT2D eigenvalue weighted by Gasteiger charge is -2.04. The number of nitrogens with two attached hydrogens (primary N) is 1. The number of nitrogen functional groups attached to an aromatic ring is 1. The molecular weight excluding hydrogens is 326 g/mol. The molecule has 3 aromatic rings. The number of hydrogen-bond acceptors (Lipinski definition) is 10. The fourth-order valence-electron chi connectivity index (χ4n) is 1.67. The first-order chi connectivity index (χ1) is 10.1. The van der Waals surface area contributed by atoms with Crippen LogP contribution in [-0.4, -0.2) is 34.3 Å². The predicted octanol–water partition coefficient (Wildman–Crippen LogP) is 2.35. The summed E-state index contributed by atoms with van der Waals surface area (Å²) in [6.45, 7) is 2.05. The van der Waals surface area contributed by atoms with Crippen LogP contribution in [0.5, 0.6) is 0 Å². The largest absolute Gasteiger partial charge is 0.353 e. The van der Waals surface area contributed by atoms with Crippen molar-refractivity contribution in [2.45, 2.75) is 16.3 Å². The third kappa shape index (κ3) is 2.93. The van der Waals surface area contributed by atoms with Gasteiger partial charge in [0.05, 0.1) is 0 Å². The van der Waals surface area contributed by atoms with Crippen LogP contribution < -0.4 is 16.2 Å². The second-order valence-corrected chi connectivity index (χ2v) is 7.85. The van der Waals surface area contributed by atoms with Crippen molar-refractivity contribution in [1.29, 1.82) is 0 Å². The minimum absolute atomic E-state index is 0.407. The highest BCUT2D eigenvalue weighted by molar-refractivity contribution is 8.01. The molecule has 0 saturated heterocycles. The van der Waals surface area contributed by atoms with Gasteiger partial charge in [0.2, 0.25) is 11.1 Å². The van der Waals surface area contributed by atoms with Gasteiger partial charge in [0.25, 0.3) is 0 Å². The molecule has 0 fully saturated rings. The summed E-state index contributed by atoms with van der Waals surface area (Å²) in [5.41, 5.74) is 2.51. The number of thiophene rings is 1. The van der Waals surface area contributed by atoms with Crippen LogP contribution in [0.3, 0.4) is 0 Å². The molecule has 0 unspecified atom stereocenters. The Labute approximate surface area is 133 Å². The van der Waals surface area contributed by atoms with Gasteiger partial charge >= 0.3 is 0 Å². The molecule has 3 heterocycles. The lowest BCUT2D eigenvalue weighted by molar-refractivity contribution is 0.970. The van der Waals surface area contributed by atoms with Crippen LogP contribution in [0.25, 0.3) is 10.2 Å². The summed E-state index contributed by atoms with van der Waals surface area (Å²) in [5, 5.41) is 11.0. The Morgan fingerprint density at radius 2 is 2.05 bits per heavy atom. The van der Waals surface area contributed by atoms with E-state index in [9.17, 15) is 0 Å². The SMILES string of the molecule is Cc1cc2c(Sc3nnc(N(C)C)s3)nc(NN)nc2s1. The normalized spacial score (nSPS) is 11.0. The molecule has 0 aromatic carbocycles. The molecule has 0 aliphatic heterocycles. The first-order valence-electron chi connectivity index (χ1n) is 6.00. The first kappa shape index (κ1) is 14.4. The Morgan fingerprint density at radius 1 is 1.24 bits per heavy atom. The zero-order valence-corrected chi connectivity index (χ0v) is 14.1. The monoisotopic (exact) mass is 339 g/mol. The van der Waals surface area contributed by atoms with Gasteiger partial charge in [0.15, 0.2) is 4.34 Å². The molecule has 0 aliphatic carbocycles. The number of rotatable bonds is 4. The summed E-state index contributed by atoms with van der Waals surface area (Å²) < 4.78 is 0.838. The maximum Gasteiger partial charge on any atom is 0.239 e. The summed E-state index contributed by atoms with van der Waals surface area (Å²) >= 11 is 4.61. The number of fused-ring (bicyclic) bond motifs is 1. The highest BCUT2D eigenvalue weighted by atomic mass is 32.2. The Hall–Kier alpha value is -1.49. The van der Waals surface area contributed by atoms with Gasteiger partial charge in [-0.1, -0.05) is 11.3 Å². The van der Waals surface area contributed by atoms with Crippen LogP contribution in [0.2, 0.25) is 0 Å². The molecule has 0 saturated carbocycles. The van der Waals surface area contributed by atoms with Crippen molar-refractivity contribution in [2.75, 3.05) is 24.4 Å². The van der Waals surface area contributed by atoms with E-state index in [0.29, 0.717) is 5.95 Å². The fourth-order valence-corrected chi connectivity index (χ4v) is 4.38. The Bertz CT molecular complexity index is 779. The maximum atomic E-state index is 5.44. The van der Waals surface area contributed by atoms with Crippen molar-refractivity contribution in [2.24, 2.45) is 5.84 Å². The molecule has 21 heavy (non-hydrogen) atoms. The maximum absolute atomic E-state index is 5.44. The van der Waals surface area contributed by atoms with Crippen LogP contribution in [0.4, 0.5) is 11.1 Å². The fraction of sp³-hybridized carbons (Fsp3) is 0.273. The third-order valence-corrected chi connectivity index (χ3v) is 5.66. The van der Waals surface area contributed by atoms with Gasteiger partial charge in [-0.3, -0.25) is 5.43 Å². The minimum atomic E-state index is 0.407. The molecular formula is C11H13N7S3. The third-order valence-electron chi connectivity index (χ3n) is 2.57. The summed E-state index contributed by atoms with van der Waals surface area (Å²) in [7, 11) is 3.88. The predicted molar refractivity (Wildman–Crippen MR) is 88.3 cm³/mol. The molecule has 0 aliphatic rings. The number of nitrogens with zero attached hydrogens (tertiary/aromatic N) is 5. The molecule has 7 nitrogen and oxygen atoms in total. The highest BCUT2D eigenvalue weighted by Crippen LogP contribution is 2.37. The second-order valence-electron chi connectivity index (χ2n) is 4.42. The van der Waals surface area contributed by atoms with Crippen LogP contribution >= 0.6 is 34.4 Å². The van der Waals surface area contributed by atoms with Crippen molar-refractivity contribution >= 4 is 55.7 Å². The van der Waals surface area contributed by atoms with Gasteiger partial charge < -0.3 is 4.90 Å². The summed E-state index contributed by atoms with van der Waals surface area (Å²) in [6, 6.07) is 2.08. The zero-order chi connectivity index (χ0) is 15.0. The van der Waals surface area contributed by atoms with E-state index in [0.717, 1.165) is 24.7 Å². The van der Waals surface area contributed by atoms with Crippen molar-refractivity contribution < 1.29 is 0 Å². The van der Waals surface area contributed by atoms with Gasteiger partial charge in [0, 0.05) is 24.4 Å². The van der Waals surface area contributed by atoms with Gasteiger partial charge in [0.1, 0.15) is 9.86 Å². The van der Waals surface area contributed by atoms with Crippen LogP contribution in [-0.2, 0) is 0 Å². The van der Waals surface area contributed by atoms with E-state index in [-0.39, 0.29) is 0 Å². The van der Waals surface area contributed by atoms with E-state index in [1.54, 1.807) is 11.3 Å². The van der Waals surface area contributed by atoms with Crippen molar-refractivity contribution in [3.63, 3.8) is 0 Å². The lowest BCUT2D eigenvalue weighted by Crippen LogP contribution is -2.10. The Morgan fingerprint density at radius 3 is 2.71 bits per heavy atom. The van der Waals surface area contributed by atoms with E-state index >= 15 is 0 Å². The Balaban J connectivity index is 2.01. The average Bonchev–Trinajstić information content (AvgIpc) is 3.04. The van der Waals surface area contributed by atoms with Crippen molar-refractivity contribution in [3.8, 4) is 0 Å². The number of anilines is 2. The summed E-state index contributed by atoms with van der Waals surface area (Å²) in [6.07, 6.45) is 0. The molecule has 3 aromatic heterocycles. The van der Waals surface area contributed by atoms with Gasteiger partial charge in [-0.15, -0.1) is 21.5 Å². The number of hydrazine groups is 1. The quantitative estimate of drug-likeness (QED) is 0.425. The molecule has 0 atom stereocenters. The van der Waals surface area contributed by atoms with Gasteiger partial charge in [-0.25, -0.2) is 15.8 Å². The topological polar surface area (TPSA) is 92.9 Å². The van der Waals surface area contributed by atoms with E-state index in [1.165, 1.54) is 28.0 Å². The van der Waals surface area contributed by atoms with Gasteiger partial charge in [-0.2, -0.15) is 0 Å². The molecule has 3 rings (SSSR count). The number of aromatic nitrogens is 4. The van der Waals surface area contributed by atoms with E-state index in [4.69, 9.17) is 5.84 Å². The lowest BCUT2D eigenvalue weighted by atomic mass is 10.4. The Kier molecular flexibility index (Phi) is 3.93. The smallest absolute Gasteiger partial charge is 0.239 e. The molecule has 0 radical (unpaired) electrons. The molecule has 0 spiro atoms. The number of hydrogen-bond donors (Lipinski definition) is 2. The molecule has 110 valence electrons. The zero-order valence-electron chi connectivity index (χ0n) is 11.6. The van der Waals surface area contributed by atoms with E-state index in [2.05, 4.69) is 31.7 Å². The van der Waals surface area contributed by atoms with Crippen LogP contribution in [0.1, 0.15) is 4.88 Å². The van der Waals surface area contributed by atoms with E-state index < -0.39 is 0 Å². The van der Waals surface area contributed by atoms with E-state index in [1.807, 2.05) is 25.9 Å².